The summed E-state index contributed by atoms with van der Waals surface area (Å²) in [6, 6.07) is 10.0. The molecule has 0 aliphatic heterocycles. The molecular weight excluding hydrogens is 238 g/mol. The monoisotopic (exact) mass is 249 g/mol. The molecule has 1 aromatic heterocycles. The number of halogens is 1. The smallest absolute Gasteiger partial charge is 0.237 e. The molecule has 0 radical (unpaired) electrons. The Kier molecular flexibility index (Phi) is 3.77. The van der Waals surface area contributed by atoms with E-state index in [1.165, 1.54) is 13.4 Å². The first kappa shape index (κ1) is 11.7. The van der Waals surface area contributed by atoms with Crippen LogP contribution in [-0.4, -0.2) is 17.1 Å². The zero-order valence-electron chi connectivity index (χ0n) is 9.35. The van der Waals surface area contributed by atoms with Crippen molar-refractivity contribution in [2.45, 2.75) is 6.54 Å². The molecule has 1 aromatic carbocycles. The van der Waals surface area contributed by atoms with Gasteiger partial charge in [0.05, 0.1) is 7.11 Å². The average molecular weight is 250 g/mol. The summed E-state index contributed by atoms with van der Waals surface area (Å²) in [6.07, 6.45) is 1.41. The van der Waals surface area contributed by atoms with Crippen LogP contribution in [0.2, 0.25) is 5.02 Å². The molecule has 2 rings (SSSR count). The lowest BCUT2D eigenvalue weighted by Gasteiger charge is -2.08. The lowest BCUT2D eigenvalue weighted by atomic mass is 10.2. The Hall–Kier alpha value is -1.81. The van der Waals surface area contributed by atoms with E-state index in [0.717, 1.165) is 5.56 Å². The number of aromatic nitrogens is 2. The Morgan fingerprint density at radius 1 is 1.24 bits per heavy atom. The van der Waals surface area contributed by atoms with E-state index >= 15 is 0 Å². The molecule has 17 heavy (non-hydrogen) atoms. The molecule has 0 atom stereocenters. The van der Waals surface area contributed by atoms with Crippen LogP contribution in [0, 0.1) is 0 Å². The van der Waals surface area contributed by atoms with Crippen LogP contribution in [0.15, 0.2) is 36.7 Å². The number of nitrogens with zero attached hydrogens (tertiary/aromatic N) is 2. The minimum Gasteiger partial charge on any atom is -0.480 e. The summed E-state index contributed by atoms with van der Waals surface area (Å²) in [5.41, 5.74) is 1.15. The van der Waals surface area contributed by atoms with Gasteiger partial charge in [0, 0.05) is 6.54 Å². The third-order valence-corrected chi connectivity index (χ3v) is 2.59. The van der Waals surface area contributed by atoms with Crippen LogP contribution in [-0.2, 0) is 6.54 Å². The second kappa shape index (κ2) is 5.50. The predicted octanol–water partition coefficient (Wildman–Crippen LogP) is 2.75. The van der Waals surface area contributed by atoms with E-state index < -0.39 is 0 Å². The number of hydrogen-bond acceptors (Lipinski definition) is 4. The number of nitrogens with one attached hydrogen (secondary N) is 1. The Labute approximate surface area is 105 Å². The van der Waals surface area contributed by atoms with Gasteiger partial charge in [-0.1, -0.05) is 41.9 Å². The largest absolute Gasteiger partial charge is 0.480 e. The van der Waals surface area contributed by atoms with Crippen LogP contribution in [0.5, 0.6) is 5.88 Å². The van der Waals surface area contributed by atoms with Crippen molar-refractivity contribution in [1.29, 1.82) is 0 Å². The molecular formula is C12H12ClN3O. The van der Waals surface area contributed by atoms with E-state index in [2.05, 4.69) is 15.3 Å². The topological polar surface area (TPSA) is 47.0 Å². The van der Waals surface area contributed by atoms with Crippen molar-refractivity contribution in [1.82, 2.24) is 9.97 Å². The first-order chi connectivity index (χ1) is 8.31. The Morgan fingerprint density at radius 2 is 2.00 bits per heavy atom. The predicted molar refractivity (Wildman–Crippen MR) is 67.4 cm³/mol. The van der Waals surface area contributed by atoms with E-state index in [1.54, 1.807) is 0 Å². The lowest BCUT2D eigenvalue weighted by Crippen LogP contribution is -2.03. The molecule has 4 nitrogen and oxygen atoms in total. The van der Waals surface area contributed by atoms with Gasteiger partial charge in [-0.15, -0.1) is 0 Å². The molecule has 0 aliphatic rings. The van der Waals surface area contributed by atoms with E-state index in [4.69, 9.17) is 16.3 Å². The summed E-state index contributed by atoms with van der Waals surface area (Å²) in [4.78, 5) is 7.97. The van der Waals surface area contributed by atoms with Gasteiger partial charge in [-0.25, -0.2) is 9.97 Å². The molecule has 0 fully saturated rings. The second-order valence-electron chi connectivity index (χ2n) is 3.38. The minimum atomic E-state index is 0.372. The second-order valence-corrected chi connectivity index (χ2v) is 3.76. The normalized spacial score (nSPS) is 10.0. The number of anilines is 1. The summed E-state index contributed by atoms with van der Waals surface area (Å²) < 4.78 is 5.01. The van der Waals surface area contributed by atoms with E-state index in [9.17, 15) is 0 Å². The van der Waals surface area contributed by atoms with Crippen LogP contribution in [0.4, 0.5) is 5.82 Å². The van der Waals surface area contributed by atoms with Crippen LogP contribution < -0.4 is 10.1 Å². The van der Waals surface area contributed by atoms with Crippen molar-refractivity contribution in [2.24, 2.45) is 0 Å². The van der Waals surface area contributed by atoms with E-state index in [-0.39, 0.29) is 0 Å². The molecule has 1 heterocycles. The molecule has 0 unspecified atom stereocenters. The third-order valence-electron chi connectivity index (χ3n) is 2.25. The van der Waals surface area contributed by atoms with Crippen LogP contribution >= 0.6 is 11.6 Å². The maximum Gasteiger partial charge on any atom is 0.237 e. The molecule has 0 saturated carbocycles. The van der Waals surface area contributed by atoms with E-state index in [1.807, 2.05) is 30.3 Å². The summed E-state index contributed by atoms with van der Waals surface area (Å²) in [7, 11) is 1.52. The first-order valence-electron chi connectivity index (χ1n) is 5.13. The van der Waals surface area contributed by atoms with Gasteiger partial charge in [-0.2, -0.15) is 0 Å². The Bertz CT molecular complexity index is 490. The molecule has 0 amide bonds. The number of methoxy groups -OCH3 is 1. The van der Waals surface area contributed by atoms with Crippen LogP contribution in [0.1, 0.15) is 5.56 Å². The van der Waals surface area contributed by atoms with Gasteiger partial charge in [0.2, 0.25) is 5.88 Å². The maximum atomic E-state index is 6.06. The van der Waals surface area contributed by atoms with Crippen LogP contribution in [0.3, 0.4) is 0 Å². The van der Waals surface area contributed by atoms with Crippen molar-refractivity contribution in [2.75, 3.05) is 12.4 Å². The summed E-state index contributed by atoms with van der Waals surface area (Å²) in [5, 5.41) is 3.54. The highest BCUT2D eigenvalue weighted by molar-refractivity contribution is 6.34. The van der Waals surface area contributed by atoms with Gasteiger partial charge in [-0.05, 0) is 5.56 Å². The van der Waals surface area contributed by atoms with Gasteiger partial charge in [0.25, 0.3) is 0 Å². The highest BCUT2D eigenvalue weighted by atomic mass is 35.5. The number of ether oxygens (including phenoxy) is 1. The fourth-order valence-corrected chi connectivity index (χ4v) is 1.64. The standard InChI is InChI=1S/C12H12ClN3O/c1-17-12-10(13)11(15-8-16-12)14-7-9-5-3-2-4-6-9/h2-6,8H,7H2,1H3,(H,14,15,16). The molecule has 0 spiro atoms. The number of rotatable bonds is 4. The van der Waals surface area contributed by atoms with Gasteiger partial charge >= 0.3 is 0 Å². The first-order valence-corrected chi connectivity index (χ1v) is 5.51. The molecule has 5 heteroatoms. The average Bonchev–Trinajstić information content (AvgIpc) is 2.39. The highest BCUT2D eigenvalue weighted by Crippen LogP contribution is 2.27. The molecule has 1 N–H and O–H groups in total. The molecule has 0 aliphatic carbocycles. The number of hydrogen-bond donors (Lipinski definition) is 1. The van der Waals surface area contributed by atoms with Crippen molar-refractivity contribution in [3.63, 3.8) is 0 Å². The van der Waals surface area contributed by atoms with Crippen molar-refractivity contribution < 1.29 is 4.74 Å². The van der Waals surface area contributed by atoms with Crippen molar-refractivity contribution in [3.8, 4) is 5.88 Å². The lowest BCUT2D eigenvalue weighted by molar-refractivity contribution is 0.397. The third kappa shape index (κ3) is 2.85. The summed E-state index contributed by atoms with van der Waals surface area (Å²) >= 11 is 6.06. The van der Waals surface area contributed by atoms with Gasteiger partial charge in [0.1, 0.15) is 11.3 Å². The highest BCUT2D eigenvalue weighted by Gasteiger charge is 2.08. The minimum absolute atomic E-state index is 0.372. The quantitative estimate of drug-likeness (QED) is 0.905. The Morgan fingerprint density at radius 3 is 2.71 bits per heavy atom. The van der Waals surface area contributed by atoms with Crippen molar-refractivity contribution >= 4 is 17.4 Å². The van der Waals surface area contributed by atoms with Gasteiger partial charge < -0.3 is 10.1 Å². The summed E-state index contributed by atoms with van der Waals surface area (Å²) in [5.74, 6) is 0.944. The zero-order valence-corrected chi connectivity index (χ0v) is 10.1. The van der Waals surface area contributed by atoms with Crippen molar-refractivity contribution in [3.05, 3.63) is 47.2 Å². The maximum absolute atomic E-state index is 6.06. The number of benzene rings is 1. The molecule has 88 valence electrons. The SMILES string of the molecule is COc1ncnc(NCc2ccccc2)c1Cl. The fraction of sp³-hybridized carbons (Fsp3) is 0.167. The van der Waals surface area contributed by atoms with Gasteiger partial charge in [-0.3, -0.25) is 0 Å². The Balaban J connectivity index is 2.09. The van der Waals surface area contributed by atoms with E-state index in [0.29, 0.717) is 23.3 Å². The fourth-order valence-electron chi connectivity index (χ4n) is 1.40. The molecule has 0 saturated heterocycles. The van der Waals surface area contributed by atoms with Gasteiger partial charge in [0.15, 0.2) is 5.82 Å². The summed E-state index contributed by atoms with van der Waals surface area (Å²) in [6.45, 7) is 0.653. The molecule has 2 aromatic rings. The van der Waals surface area contributed by atoms with Crippen LogP contribution in [0.25, 0.3) is 0 Å². The molecule has 0 bridgehead atoms. The zero-order chi connectivity index (χ0) is 12.1.